The van der Waals surface area contributed by atoms with Crippen molar-refractivity contribution in [3.05, 3.63) is 28.2 Å². The standard InChI is InChI=1S/C14H16BrNO2S2/c1-9(20-14(19)16-6-2-3-7-16)13(18)11-8-10(15)4-5-12(11)17/h4-5,8-9,17H,2-3,6-7H2,1H3/t9-/m0/s1. The smallest absolute Gasteiger partial charge is 0.179 e. The van der Waals surface area contributed by atoms with Crippen LogP contribution < -0.4 is 0 Å². The molecular weight excluding hydrogens is 358 g/mol. The first kappa shape index (κ1) is 15.8. The summed E-state index contributed by atoms with van der Waals surface area (Å²) < 4.78 is 1.55. The molecule has 1 heterocycles. The maximum Gasteiger partial charge on any atom is 0.179 e. The summed E-state index contributed by atoms with van der Waals surface area (Å²) in [5, 5.41) is 9.50. The zero-order valence-corrected chi connectivity index (χ0v) is 14.4. The molecule has 1 atom stereocenters. The van der Waals surface area contributed by atoms with E-state index in [9.17, 15) is 9.90 Å². The SMILES string of the molecule is C[C@H](SC(=S)N1CCCC1)C(=O)c1cc(Br)ccc1O. The molecule has 20 heavy (non-hydrogen) atoms. The number of thioether (sulfide) groups is 1. The molecule has 1 fully saturated rings. The molecular formula is C14H16BrNO2S2. The second-order valence-corrected chi connectivity index (χ2v) is 7.64. The second-order valence-electron chi connectivity index (χ2n) is 4.75. The predicted octanol–water partition coefficient (Wildman–Crippen LogP) is 3.84. The Hall–Kier alpha value is -0.590. The summed E-state index contributed by atoms with van der Waals surface area (Å²) in [6.45, 7) is 3.79. The highest BCUT2D eigenvalue weighted by Gasteiger charge is 2.24. The summed E-state index contributed by atoms with van der Waals surface area (Å²) in [5.41, 5.74) is 0.337. The number of benzene rings is 1. The Morgan fingerprint density at radius 1 is 1.45 bits per heavy atom. The first-order valence-corrected chi connectivity index (χ1v) is 8.55. The van der Waals surface area contributed by atoms with Crippen LogP contribution in [0.1, 0.15) is 30.1 Å². The minimum atomic E-state index is -0.303. The first-order valence-electron chi connectivity index (χ1n) is 6.47. The number of hydrogen-bond donors (Lipinski definition) is 1. The van der Waals surface area contributed by atoms with E-state index in [2.05, 4.69) is 20.8 Å². The number of halogens is 1. The zero-order chi connectivity index (χ0) is 14.7. The molecule has 1 aromatic rings. The highest BCUT2D eigenvalue weighted by Crippen LogP contribution is 2.28. The van der Waals surface area contributed by atoms with Crippen molar-refractivity contribution >= 4 is 50.0 Å². The van der Waals surface area contributed by atoms with E-state index in [0.29, 0.717) is 5.56 Å². The fourth-order valence-electron chi connectivity index (χ4n) is 2.10. The van der Waals surface area contributed by atoms with Crippen molar-refractivity contribution in [2.24, 2.45) is 0 Å². The lowest BCUT2D eigenvalue weighted by molar-refractivity contribution is 0.0991. The Morgan fingerprint density at radius 3 is 2.75 bits per heavy atom. The topological polar surface area (TPSA) is 40.5 Å². The molecule has 0 spiro atoms. The molecule has 1 N–H and O–H groups in total. The van der Waals surface area contributed by atoms with Crippen molar-refractivity contribution in [3.8, 4) is 5.75 Å². The number of phenols is 1. The summed E-state index contributed by atoms with van der Waals surface area (Å²) in [7, 11) is 0. The molecule has 0 aromatic heterocycles. The zero-order valence-electron chi connectivity index (χ0n) is 11.1. The van der Waals surface area contributed by atoms with Crippen molar-refractivity contribution in [3.63, 3.8) is 0 Å². The van der Waals surface area contributed by atoms with Crippen molar-refractivity contribution in [2.75, 3.05) is 13.1 Å². The number of phenolic OH excluding ortho intramolecular Hbond substituents is 1. The van der Waals surface area contributed by atoms with Crippen molar-refractivity contribution in [1.82, 2.24) is 4.90 Å². The summed E-state index contributed by atoms with van der Waals surface area (Å²) >= 11 is 10.1. The molecule has 0 unspecified atom stereocenters. The molecule has 2 rings (SSSR count). The molecule has 0 saturated carbocycles. The van der Waals surface area contributed by atoms with Gasteiger partial charge in [0.15, 0.2) is 5.78 Å². The van der Waals surface area contributed by atoms with Crippen molar-refractivity contribution in [2.45, 2.75) is 25.0 Å². The van der Waals surface area contributed by atoms with Gasteiger partial charge >= 0.3 is 0 Å². The minimum absolute atomic E-state index is 0.0118. The highest BCUT2D eigenvalue weighted by molar-refractivity contribution is 9.10. The fourth-order valence-corrected chi connectivity index (χ4v) is 3.95. The number of carbonyl (C=O) groups excluding carboxylic acids is 1. The van der Waals surface area contributed by atoms with E-state index in [-0.39, 0.29) is 16.8 Å². The van der Waals surface area contributed by atoms with Gasteiger partial charge in [0.1, 0.15) is 10.1 Å². The Bertz CT molecular complexity index is 530. The lowest BCUT2D eigenvalue weighted by Gasteiger charge is -2.20. The number of Topliss-reactive ketones (excluding diaryl/α,β-unsaturated/α-hetero) is 1. The lowest BCUT2D eigenvalue weighted by Crippen LogP contribution is -2.27. The van der Waals surface area contributed by atoms with Crippen LogP contribution in [-0.4, -0.2) is 38.4 Å². The average molecular weight is 374 g/mol. The van der Waals surface area contributed by atoms with Gasteiger partial charge in [-0.05, 0) is 38.0 Å². The van der Waals surface area contributed by atoms with Gasteiger partial charge in [-0.3, -0.25) is 4.79 Å². The summed E-state index contributed by atoms with van der Waals surface area (Å²) in [6, 6.07) is 4.87. The molecule has 0 radical (unpaired) electrons. The molecule has 0 aliphatic carbocycles. The van der Waals surface area contributed by atoms with E-state index in [1.807, 2.05) is 6.92 Å². The normalized spacial score (nSPS) is 16.2. The largest absolute Gasteiger partial charge is 0.507 e. The predicted molar refractivity (Wildman–Crippen MR) is 90.6 cm³/mol. The van der Waals surface area contributed by atoms with Gasteiger partial charge in [-0.25, -0.2) is 0 Å². The van der Waals surface area contributed by atoms with Crippen LogP contribution in [0.3, 0.4) is 0 Å². The van der Waals surface area contributed by atoms with Gasteiger partial charge in [-0.2, -0.15) is 0 Å². The van der Waals surface area contributed by atoms with Crippen molar-refractivity contribution in [1.29, 1.82) is 0 Å². The van der Waals surface area contributed by atoms with Gasteiger partial charge in [0.05, 0.1) is 10.8 Å². The van der Waals surface area contributed by atoms with Gasteiger partial charge in [0.25, 0.3) is 0 Å². The number of rotatable bonds is 3. The number of thiocarbonyl (C=S) groups is 1. The van der Waals surface area contributed by atoms with Crippen LogP contribution in [0.15, 0.2) is 22.7 Å². The second kappa shape index (κ2) is 6.91. The molecule has 6 heteroatoms. The summed E-state index contributed by atoms with van der Waals surface area (Å²) in [6.07, 6.45) is 2.32. The molecule has 108 valence electrons. The fraction of sp³-hybridized carbons (Fsp3) is 0.429. The van der Waals surface area contributed by atoms with Crippen LogP contribution in [0.2, 0.25) is 0 Å². The van der Waals surface area contributed by atoms with Crippen LogP contribution >= 0.6 is 39.9 Å². The summed E-state index contributed by atoms with van der Waals surface area (Å²) in [5.74, 6) is -0.0897. The molecule has 3 nitrogen and oxygen atoms in total. The number of likely N-dealkylation sites (tertiary alicyclic amines) is 1. The Balaban J connectivity index is 2.04. The molecule has 0 amide bonds. The Kier molecular flexibility index (Phi) is 5.46. The monoisotopic (exact) mass is 373 g/mol. The summed E-state index contributed by atoms with van der Waals surface area (Å²) in [4.78, 5) is 14.5. The number of nitrogens with zero attached hydrogens (tertiary/aromatic N) is 1. The average Bonchev–Trinajstić information content (AvgIpc) is 2.94. The molecule has 1 aromatic carbocycles. The molecule has 0 bridgehead atoms. The third-order valence-electron chi connectivity index (χ3n) is 3.24. The first-order chi connectivity index (χ1) is 9.49. The highest BCUT2D eigenvalue weighted by atomic mass is 79.9. The third kappa shape index (κ3) is 3.74. The molecule has 1 aliphatic rings. The maximum atomic E-state index is 12.4. The number of carbonyl (C=O) groups is 1. The van der Waals surface area contributed by atoms with Crippen LogP contribution in [0.4, 0.5) is 0 Å². The molecule has 1 aliphatic heterocycles. The van der Waals surface area contributed by atoms with E-state index < -0.39 is 0 Å². The van der Waals surface area contributed by atoms with Crippen LogP contribution in [0, 0.1) is 0 Å². The van der Waals surface area contributed by atoms with E-state index in [1.54, 1.807) is 12.1 Å². The number of ketones is 1. The quantitative estimate of drug-likeness (QED) is 0.643. The Labute approximate surface area is 136 Å². The van der Waals surface area contributed by atoms with Crippen LogP contribution in [-0.2, 0) is 0 Å². The van der Waals surface area contributed by atoms with Crippen molar-refractivity contribution < 1.29 is 9.90 Å². The van der Waals surface area contributed by atoms with E-state index in [1.165, 1.54) is 17.8 Å². The number of aromatic hydroxyl groups is 1. The van der Waals surface area contributed by atoms with Crippen LogP contribution in [0.25, 0.3) is 0 Å². The third-order valence-corrected chi connectivity index (χ3v) is 5.30. The van der Waals surface area contributed by atoms with E-state index in [4.69, 9.17) is 12.2 Å². The van der Waals surface area contributed by atoms with Crippen LogP contribution in [0.5, 0.6) is 5.75 Å². The maximum absolute atomic E-state index is 12.4. The Morgan fingerprint density at radius 2 is 2.10 bits per heavy atom. The molecule has 1 saturated heterocycles. The van der Waals surface area contributed by atoms with Gasteiger partial charge in [-0.1, -0.05) is 39.9 Å². The lowest BCUT2D eigenvalue weighted by atomic mass is 10.1. The minimum Gasteiger partial charge on any atom is -0.507 e. The number of hydrogen-bond acceptors (Lipinski definition) is 4. The van der Waals surface area contributed by atoms with E-state index >= 15 is 0 Å². The van der Waals surface area contributed by atoms with Gasteiger partial charge in [-0.15, -0.1) is 0 Å². The van der Waals surface area contributed by atoms with Gasteiger partial charge in [0, 0.05) is 17.6 Å². The van der Waals surface area contributed by atoms with E-state index in [0.717, 1.165) is 34.7 Å². The van der Waals surface area contributed by atoms with Gasteiger partial charge in [0.2, 0.25) is 0 Å². The van der Waals surface area contributed by atoms with Gasteiger partial charge < -0.3 is 10.0 Å².